The molecule has 2 aromatic rings. The zero-order chi connectivity index (χ0) is 16.8. The summed E-state index contributed by atoms with van der Waals surface area (Å²) >= 11 is 0. The Balaban J connectivity index is 1.75. The summed E-state index contributed by atoms with van der Waals surface area (Å²) in [7, 11) is 0. The maximum Gasteiger partial charge on any atom is 0.293 e. The summed E-state index contributed by atoms with van der Waals surface area (Å²) in [6.45, 7) is 4.61. The van der Waals surface area contributed by atoms with Crippen molar-refractivity contribution in [2.45, 2.75) is 45.0 Å². The molecule has 1 aliphatic carbocycles. The summed E-state index contributed by atoms with van der Waals surface area (Å²) in [5.74, 6) is 0.411. The van der Waals surface area contributed by atoms with E-state index in [0.717, 1.165) is 25.9 Å². The largest absolute Gasteiger partial charge is 0.464 e. The third-order valence-electron chi connectivity index (χ3n) is 4.99. The lowest BCUT2D eigenvalue weighted by Crippen LogP contribution is -2.33. The van der Waals surface area contributed by atoms with Crippen LogP contribution in [0.3, 0.4) is 0 Å². The molecule has 0 aromatic heterocycles. The van der Waals surface area contributed by atoms with E-state index in [4.69, 9.17) is 4.74 Å². The number of nitrogens with zero attached hydrogens (tertiary/aromatic N) is 1. The highest BCUT2D eigenvalue weighted by molar-refractivity contribution is 5.37. The third-order valence-corrected chi connectivity index (χ3v) is 4.99. The lowest BCUT2D eigenvalue weighted by molar-refractivity contribution is -0.135. The van der Waals surface area contributed by atoms with E-state index in [1.165, 1.54) is 11.1 Å². The van der Waals surface area contributed by atoms with Gasteiger partial charge in [0.15, 0.2) is 0 Å². The molecule has 3 unspecified atom stereocenters. The van der Waals surface area contributed by atoms with E-state index in [1.54, 1.807) is 0 Å². The highest BCUT2D eigenvalue weighted by Gasteiger charge is 2.35. The van der Waals surface area contributed by atoms with Crippen molar-refractivity contribution < 1.29 is 9.53 Å². The second kappa shape index (κ2) is 8.11. The zero-order valence-electron chi connectivity index (χ0n) is 14.2. The minimum absolute atomic E-state index is 0.0431. The lowest BCUT2D eigenvalue weighted by Gasteiger charge is -2.29. The van der Waals surface area contributed by atoms with Gasteiger partial charge in [-0.3, -0.25) is 9.69 Å². The molecular weight excluding hydrogens is 298 g/mol. The van der Waals surface area contributed by atoms with Gasteiger partial charge in [-0.2, -0.15) is 0 Å². The average molecular weight is 323 g/mol. The quantitative estimate of drug-likeness (QED) is 0.721. The first-order valence-electron chi connectivity index (χ1n) is 8.67. The zero-order valence-corrected chi connectivity index (χ0v) is 14.2. The number of ether oxygens (including phenoxy) is 1. The van der Waals surface area contributed by atoms with Crippen molar-refractivity contribution in [1.29, 1.82) is 0 Å². The molecule has 126 valence electrons. The topological polar surface area (TPSA) is 29.5 Å². The van der Waals surface area contributed by atoms with E-state index >= 15 is 0 Å². The Bertz CT molecular complexity index is 587. The van der Waals surface area contributed by atoms with E-state index in [1.807, 2.05) is 0 Å². The number of hydrogen-bond acceptors (Lipinski definition) is 3. The van der Waals surface area contributed by atoms with Gasteiger partial charge in [-0.05, 0) is 23.5 Å². The smallest absolute Gasteiger partial charge is 0.293 e. The van der Waals surface area contributed by atoms with Gasteiger partial charge in [0.1, 0.15) is 6.10 Å². The van der Waals surface area contributed by atoms with Crippen molar-refractivity contribution in [1.82, 2.24) is 4.90 Å². The molecule has 0 amide bonds. The van der Waals surface area contributed by atoms with Gasteiger partial charge in [0.2, 0.25) is 0 Å². The van der Waals surface area contributed by atoms with Gasteiger partial charge in [0.25, 0.3) is 6.47 Å². The van der Waals surface area contributed by atoms with Gasteiger partial charge in [0, 0.05) is 25.6 Å². The van der Waals surface area contributed by atoms with Gasteiger partial charge in [-0.25, -0.2) is 0 Å². The summed E-state index contributed by atoms with van der Waals surface area (Å²) in [6, 6.07) is 21.6. The highest BCUT2D eigenvalue weighted by atomic mass is 16.5. The lowest BCUT2D eigenvalue weighted by atomic mass is 10.1. The molecule has 24 heavy (non-hydrogen) atoms. The molecule has 3 atom stereocenters. The predicted octanol–water partition coefficient (Wildman–Crippen LogP) is 4.03. The fraction of sp³-hybridized carbons (Fsp3) is 0.381. The van der Waals surface area contributed by atoms with Crippen molar-refractivity contribution in [3.63, 3.8) is 0 Å². The Morgan fingerprint density at radius 3 is 2.00 bits per heavy atom. The first-order valence-corrected chi connectivity index (χ1v) is 8.67. The predicted molar refractivity (Wildman–Crippen MR) is 95.3 cm³/mol. The Morgan fingerprint density at radius 2 is 1.50 bits per heavy atom. The number of carbonyl (C=O) groups excluding carboxylic acids is 1. The molecule has 3 rings (SSSR count). The molecule has 2 aromatic carbocycles. The summed E-state index contributed by atoms with van der Waals surface area (Å²) in [5.41, 5.74) is 2.64. The molecule has 0 aliphatic heterocycles. The molecule has 0 saturated heterocycles. The maximum atomic E-state index is 10.7. The molecule has 3 nitrogen and oxygen atoms in total. The van der Waals surface area contributed by atoms with Crippen LogP contribution in [0.1, 0.15) is 30.9 Å². The molecule has 3 heteroatoms. The minimum atomic E-state index is 0.0431. The Hall–Kier alpha value is -2.13. The Labute approximate surface area is 144 Å². The van der Waals surface area contributed by atoms with Crippen LogP contribution < -0.4 is 0 Å². The van der Waals surface area contributed by atoms with Crippen LogP contribution in [0.25, 0.3) is 0 Å². The van der Waals surface area contributed by atoms with Crippen molar-refractivity contribution in [2.24, 2.45) is 5.92 Å². The van der Waals surface area contributed by atoms with Crippen LogP contribution in [0.15, 0.2) is 60.7 Å². The van der Waals surface area contributed by atoms with Crippen LogP contribution in [-0.2, 0) is 22.6 Å². The summed E-state index contributed by atoms with van der Waals surface area (Å²) in [4.78, 5) is 13.3. The molecular formula is C21H25NO2. The standard InChI is InChI=1S/C21H25NO2/c1-17-12-20(13-21(17)24-16-23)22(14-18-8-4-2-5-9-18)15-19-10-6-3-7-11-19/h2-11,16-17,20-21H,12-15H2,1H3. The third kappa shape index (κ3) is 4.24. The van der Waals surface area contributed by atoms with Crippen LogP contribution >= 0.6 is 0 Å². The van der Waals surface area contributed by atoms with E-state index in [2.05, 4.69) is 72.5 Å². The number of carbonyl (C=O) groups is 1. The van der Waals surface area contributed by atoms with E-state index < -0.39 is 0 Å². The fourth-order valence-corrected chi connectivity index (χ4v) is 3.69. The first-order chi connectivity index (χ1) is 11.8. The van der Waals surface area contributed by atoms with Gasteiger partial charge in [0.05, 0.1) is 0 Å². The minimum Gasteiger partial charge on any atom is -0.464 e. The molecule has 0 heterocycles. The van der Waals surface area contributed by atoms with Crippen LogP contribution in [0.5, 0.6) is 0 Å². The molecule has 0 bridgehead atoms. The van der Waals surface area contributed by atoms with Crippen LogP contribution in [0.4, 0.5) is 0 Å². The van der Waals surface area contributed by atoms with Gasteiger partial charge < -0.3 is 4.74 Å². The monoisotopic (exact) mass is 323 g/mol. The summed E-state index contributed by atoms with van der Waals surface area (Å²) < 4.78 is 5.29. The van der Waals surface area contributed by atoms with Crippen LogP contribution in [-0.4, -0.2) is 23.5 Å². The SMILES string of the molecule is CC1CC(N(Cc2ccccc2)Cc2ccccc2)CC1OC=O. The molecule has 1 saturated carbocycles. The average Bonchev–Trinajstić information content (AvgIpc) is 2.97. The molecule has 0 N–H and O–H groups in total. The van der Waals surface area contributed by atoms with Crippen molar-refractivity contribution >= 4 is 6.47 Å². The van der Waals surface area contributed by atoms with E-state index in [9.17, 15) is 4.79 Å². The molecule has 0 radical (unpaired) electrons. The van der Waals surface area contributed by atoms with Crippen molar-refractivity contribution in [3.05, 3.63) is 71.8 Å². The number of hydrogen-bond donors (Lipinski definition) is 0. The fourth-order valence-electron chi connectivity index (χ4n) is 3.69. The number of benzene rings is 2. The van der Waals surface area contributed by atoms with Gasteiger partial charge in [-0.1, -0.05) is 67.6 Å². The maximum absolute atomic E-state index is 10.7. The molecule has 1 aliphatic rings. The Morgan fingerprint density at radius 1 is 0.958 bits per heavy atom. The van der Waals surface area contributed by atoms with Crippen LogP contribution in [0, 0.1) is 5.92 Å². The van der Waals surface area contributed by atoms with Gasteiger partial charge in [-0.15, -0.1) is 0 Å². The summed E-state index contributed by atoms with van der Waals surface area (Å²) in [6.07, 6.45) is 2.03. The van der Waals surface area contributed by atoms with Crippen LogP contribution in [0.2, 0.25) is 0 Å². The summed E-state index contributed by atoms with van der Waals surface area (Å²) in [5, 5.41) is 0. The van der Waals surface area contributed by atoms with Crippen molar-refractivity contribution in [2.75, 3.05) is 0 Å². The number of rotatable bonds is 7. The molecule has 1 fully saturated rings. The first kappa shape index (κ1) is 16.7. The highest BCUT2D eigenvalue weighted by Crippen LogP contribution is 2.33. The Kier molecular flexibility index (Phi) is 5.65. The van der Waals surface area contributed by atoms with E-state index in [-0.39, 0.29) is 6.10 Å². The van der Waals surface area contributed by atoms with E-state index in [0.29, 0.717) is 18.4 Å². The van der Waals surface area contributed by atoms with Crippen molar-refractivity contribution in [3.8, 4) is 0 Å². The van der Waals surface area contributed by atoms with Gasteiger partial charge >= 0.3 is 0 Å². The normalized spacial score (nSPS) is 23.3. The second-order valence-corrected chi connectivity index (χ2v) is 6.75. The molecule has 0 spiro atoms. The second-order valence-electron chi connectivity index (χ2n) is 6.75.